The number of amides is 2. The molecule has 1 aromatic heterocycles. The van der Waals surface area contributed by atoms with Crippen LogP contribution in [0.25, 0.3) is 0 Å². The highest BCUT2D eigenvalue weighted by Crippen LogP contribution is 2.11. The minimum Gasteiger partial charge on any atom is -0.354 e. The maximum absolute atomic E-state index is 12.0. The van der Waals surface area contributed by atoms with Crippen LogP contribution in [0.1, 0.15) is 23.2 Å². The summed E-state index contributed by atoms with van der Waals surface area (Å²) in [7, 11) is 0. The molecule has 1 fully saturated rings. The molecule has 7 heteroatoms. The van der Waals surface area contributed by atoms with E-state index < -0.39 is 6.04 Å². The molecule has 0 bridgehead atoms. The number of nitrogens with one attached hydrogen (secondary N) is 3. The molecule has 1 aromatic rings. The fraction of sp³-hybridized carbons (Fsp3) is 0.364. The molecule has 2 rings (SSSR count). The molecule has 1 atom stereocenters. The molecular weight excluding hydrogens is 234 g/mol. The molecule has 0 aliphatic carbocycles. The summed E-state index contributed by atoms with van der Waals surface area (Å²) in [6.07, 6.45) is 3.02. The number of carbonyl (C=O) groups is 2. The Kier molecular flexibility index (Phi) is 3.73. The van der Waals surface area contributed by atoms with Gasteiger partial charge in [0, 0.05) is 12.7 Å². The van der Waals surface area contributed by atoms with Crippen molar-refractivity contribution in [1.82, 2.24) is 15.6 Å². The van der Waals surface area contributed by atoms with Crippen LogP contribution in [-0.2, 0) is 4.79 Å². The maximum atomic E-state index is 12.0. The molecule has 1 aliphatic rings. The number of nitrogens with zero attached hydrogens (tertiary/aromatic N) is 1. The highest BCUT2D eigenvalue weighted by atomic mass is 16.2. The van der Waals surface area contributed by atoms with Gasteiger partial charge in [-0.25, -0.2) is 10.8 Å². The van der Waals surface area contributed by atoms with Crippen LogP contribution in [0, 0.1) is 0 Å². The first-order valence-corrected chi connectivity index (χ1v) is 5.72. The van der Waals surface area contributed by atoms with Gasteiger partial charge < -0.3 is 16.1 Å². The molecule has 96 valence electrons. The number of hydrazine groups is 1. The lowest BCUT2D eigenvalue weighted by atomic mass is 10.1. The molecule has 0 radical (unpaired) electrons. The molecule has 2 heterocycles. The highest BCUT2D eigenvalue weighted by molar-refractivity contribution is 6.01. The van der Waals surface area contributed by atoms with E-state index in [2.05, 4.69) is 21.0 Å². The summed E-state index contributed by atoms with van der Waals surface area (Å²) in [5, 5.41) is 5.38. The molecular formula is C11H15N5O2. The Balaban J connectivity index is 2.09. The van der Waals surface area contributed by atoms with Crippen molar-refractivity contribution < 1.29 is 9.59 Å². The molecule has 5 N–H and O–H groups in total. The minimum absolute atomic E-state index is 0.152. The summed E-state index contributed by atoms with van der Waals surface area (Å²) in [5.74, 6) is 5.05. The van der Waals surface area contributed by atoms with Crippen LogP contribution < -0.4 is 21.9 Å². The van der Waals surface area contributed by atoms with Crippen molar-refractivity contribution >= 4 is 17.6 Å². The van der Waals surface area contributed by atoms with Crippen LogP contribution in [0.5, 0.6) is 0 Å². The molecule has 18 heavy (non-hydrogen) atoms. The fourth-order valence-electron chi connectivity index (χ4n) is 1.85. The summed E-state index contributed by atoms with van der Waals surface area (Å²) >= 11 is 0. The Morgan fingerprint density at radius 2 is 2.39 bits per heavy atom. The van der Waals surface area contributed by atoms with Gasteiger partial charge in [-0.3, -0.25) is 9.59 Å². The van der Waals surface area contributed by atoms with Crippen molar-refractivity contribution in [1.29, 1.82) is 0 Å². The second-order valence-electron chi connectivity index (χ2n) is 4.00. The van der Waals surface area contributed by atoms with Gasteiger partial charge in [0.25, 0.3) is 5.91 Å². The Morgan fingerprint density at radius 1 is 1.56 bits per heavy atom. The monoisotopic (exact) mass is 249 g/mol. The first kappa shape index (κ1) is 12.3. The maximum Gasteiger partial charge on any atom is 0.255 e. The number of hydrogen-bond donors (Lipinski definition) is 4. The van der Waals surface area contributed by atoms with Gasteiger partial charge in [-0.15, -0.1) is 0 Å². The van der Waals surface area contributed by atoms with Crippen LogP contribution in [0.15, 0.2) is 18.3 Å². The summed E-state index contributed by atoms with van der Waals surface area (Å²) in [6, 6.07) is 2.74. The number of piperidine rings is 1. The number of aromatic nitrogens is 1. The molecule has 0 aromatic carbocycles. The van der Waals surface area contributed by atoms with Crippen molar-refractivity contribution in [3.8, 4) is 0 Å². The van der Waals surface area contributed by atoms with Gasteiger partial charge in [-0.05, 0) is 25.0 Å². The summed E-state index contributed by atoms with van der Waals surface area (Å²) in [6.45, 7) is 0.660. The van der Waals surface area contributed by atoms with E-state index in [4.69, 9.17) is 5.84 Å². The largest absolute Gasteiger partial charge is 0.354 e. The number of hydrogen-bond acceptors (Lipinski definition) is 5. The highest BCUT2D eigenvalue weighted by Gasteiger charge is 2.24. The van der Waals surface area contributed by atoms with E-state index >= 15 is 0 Å². The number of carbonyl (C=O) groups excluding carboxylic acids is 2. The molecule has 1 aliphatic heterocycles. The van der Waals surface area contributed by atoms with Gasteiger partial charge in [-0.1, -0.05) is 0 Å². The normalized spacial score (nSPS) is 18.9. The number of rotatable bonds is 3. The van der Waals surface area contributed by atoms with E-state index in [1.807, 2.05) is 0 Å². The SMILES string of the molecule is NNc1ncccc1C(=O)NC1CCCNC1=O. The van der Waals surface area contributed by atoms with E-state index in [-0.39, 0.29) is 17.6 Å². The van der Waals surface area contributed by atoms with E-state index in [9.17, 15) is 9.59 Å². The lowest BCUT2D eigenvalue weighted by Crippen LogP contribution is -2.50. The zero-order chi connectivity index (χ0) is 13.0. The van der Waals surface area contributed by atoms with Crippen LogP contribution in [0.2, 0.25) is 0 Å². The Bertz CT molecular complexity index is 463. The quantitative estimate of drug-likeness (QED) is 0.421. The molecule has 2 amide bonds. The third-order valence-corrected chi connectivity index (χ3v) is 2.78. The first-order valence-electron chi connectivity index (χ1n) is 5.72. The van der Waals surface area contributed by atoms with Gasteiger partial charge in [0.2, 0.25) is 5.91 Å². The standard InChI is InChI=1S/C11H15N5O2/c12-16-9-7(3-1-5-13-9)10(17)15-8-4-2-6-14-11(8)18/h1,3,5,8H,2,4,6,12H2,(H,13,16)(H,14,18)(H,15,17). The van der Waals surface area contributed by atoms with Gasteiger partial charge in [0.05, 0.1) is 5.56 Å². The number of nitrogen functional groups attached to an aromatic ring is 1. The second-order valence-corrected chi connectivity index (χ2v) is 4.00. The zero-order valence-electron chi connectivity index (χ0n) is 9.77. The van der Waals surface area contributed by atoms with Gasteiger partial charge in [0.1, 0.15) is 6.04 Å². The summed E-state index contributed by atoms with van der Waals surface area (Å²) < 4.78 is 0. The van der Waals surface area contributed by atoms with Crippen molar-refractivity contribution in [3.05, 3.63) is 23.9 Å². The van der Waals surface area contributed by atoms with Gasteiger partial charge >= 0.3 is 0 Å². The van der Waals surface area contributed by atoms with Crippen molar-refractivity contribution in [2.45, 2.75) is 18.9 Å². The van der Waals surface area contributed by atoms with Crippen LogP contribution in [0.4, 0.5) is 5.82 Å². The Labute approximate surface area is 104 Å². The van der Waals surface area contributed by atoms with Crippen molar-refractivity contribution in [2.75, 3.05) is 12.0 Å². The predicted octanol–water partition coefficient (Wildman–Crippen LogP) is -0.624. The molecule has 1 unspecified atom stereocenters. The van der Waals surface area contributed by atoms with Gasteiger partial charge in [-0.2, -0.15) is 0 Å². The van der Waals surface area contributed by atoms with E-state index in [1.165, 1.54) is 6.20 Å². The second kappa shape index (κ2) is 5.46. The molecule has 0 saturated carbocycles. The molecule has 0 spiro atoms. The van der Waals surface area contributed by atoms with Crippen molar-refractivity contribution in [2.24, 2.45) is 5.84 Å². The lowest BCUT2D eigenvalue weighted by molar-refractivity contribution is -0.124. The van der Waals surface area contributed by atoms with E-state index in [0.29, 0.717) is 18.5 Å². The fourth-order valence-corrected chi connectivity index (χ4v) is 1.85. The third-order valence-electron chi connectivity index (χ3n) is 2.78. The average molecular weight is 249 g/mol. The van der Waals surface area contributed by atoms with Crippen LogP contribution >= 0.6 is 0 Å². The van der Waals surface area contributed by atoms with Gasteiger partial charge in [0.15, 0.2) is 5.82 Å². The average Bonchev–Trinajstić information content (AvgIpc) is 2.41. The summed E-state index contributed by atoms with van der Waals surface area (Å²) in [4.78, 5) is 27.5. The molecule has 7 nitrogen and oxygen atoms in total. The third kappa shape index (κ3) is 2.57. The number of nitrogens with two attached hydrogens (primary N) is 1. The first-order chi connectivity index (χ1) is 8.72. The Hall–Kier alpha value is -2.15. The number of anilines is 1. The lowest BCUT2D eigenvalue weighted by Gasteiger charge is -2.23. The Morgan fingerprint density at radius 3 is 3.11 bits per heavy atom. The van der Waals surface area contributed by atoms with Crippen LogP contribution in [0.3, 0.4) is 0 Å². The predicted molar refractivity (Wildman–Crippen MR) is 65.5 cm³/mol. The topological polar surface area (TPSA) is 109 Å². The summed E-state index contributed by atoms with van der Waals surface area (Å²) in [5.41, 5.74) is 2.67. The minimum atomic E-state index is -0.489. The van der Waals surface area contributed by atoms with Crippen LogP contribution in [-0.4, -0.2) is 29.4 Å². The van der Waals surface area contributed by atoms with E-state index in [1.54, 1.807) is 12.1 Å². The van der Waals surface area contributed by atoms with Crippen molar-refractivity contribution in [3.63, 3.8) is 0 Å². The zero-order valence-corrected chi connectivity index (χ0v) is 9.77. The molecule has 1 saturated heterocycles. The number of pyridine rings is 1. The van der Waals surface area contributed by atoms with E-state index in [0.717, 1.165) is 6.42 Å². The smallest absolute Gasteiger partial charge is 0.255 e.